The average Bonchev–Trinajstić information content (AvgIpc) is 2.75. The fraction of sp³-hybridized carbons (Fsp3) is 0.174. The first-order valence-electron chi connectivity index (χ1n) is 9.51. The Hall–Kier alpha value is -3.32. The fourth-order valence-electron chi connectivity index (χ4n) is 3.03. The first kappa shape index (κ1) is 21.4. The third-order valence-electron chi connectivity index (χ3n) is 4.62. The topological polar surface area (TPSA) is 75.7 Å². The van der Waals surface area contributed by atoms with Gasteiger partial charge in [-0.3, -0.25) is 9.10 Å². The normalized spacial score (nSPS) is 11.0. The van der Waals surface area contributed by atoms with E-state index in [1.807, 2.05) is 6.92 Å². The van der Waals surface area contributed by atoms with Gasteiger partial charge in [-0.1, -0.05) is 18.2 Å². The highest BCUT2D eigenvalue weighted by Gasteiger charge is 2.22. The molecule has 0 radical (unpaired) electrons. The molecule has 0 spiro atoms. The third-order valence-corrected chi connectivity index (χ3v) is 6.41. The van der Waals surface area contributed by atoms with Gasteiger partial charge in [0.1, 0.15) is 5.75 Å². The number of anilines is 2. The van der Waals surface area contributed by atoms with E-state index in [-0.39, 0.29) is 10.8 Å². The Morgan fingerprint density at radius 1 is 1.00 bits per heavy atom. The molecule has 3 aromatic carbocycles. The number of nitrogens with zero attached hydrogens (tertiary/aromatic N) is 1. The molecule has 156 valence electrons. The lowest BCUT2D eigenvalue weighted by Crippen LogP contribution is -2.27. The number of ether oxygens (including phenoxy) is 1. The number of sulfonamides is 1. The van der Waals surface area contributed by atoms with Crippen LogP contribution in [-0.2, 0) is 10.0 Å². The fourth-order valence-corrected chi connectivity index (χ4v) is 4.32. The monoisotopic (exact) mass is 424 g/mol. The summed E-state index contributed by atoms with van der Waals surface area (Å²) < 4.78 is 32.3. The molecule has 3 aromatic rings. The molecule has 1 amide bonds. The molecule has 0 aliphatic carbocycles. The molecule has 1 N–H and O–H groups in total. The summed E-state index contributed by atoms with van der Waals surface area (Å²) in [5.41, 5.74) is 2.28. The molecule has 0 saturated heterocycles. The molecule has 30 heavy (non-hydrogen) atoms. The van der Waals surface area contributed by atoms with E-state index < -0.39 is 10.0 Å². The number of rotatable bonds is 7. The van der Waals surface area contributed by atoms with Crippen LogP contribution in [0, 0.1) is 6.92 Å². The van der Waals surface area contributed by atoms with Gasteiger partial charge in [0.2, 0.25) is 0 Å². The van der Waals surface area contributed by atoms with E-state index in [4.69, 9.17) is 4.74 Å². The second-order valence-corrected chi connectivity index (χ2v) is 8.67. The SMILES string of the molecule is CCOc1ccc(NC(=O)c2ccc(N(C)S(=O)(=O)c3ccccc3)c(C)c2)cc1. The van der Waals surface area contributed by atoms with Crippen LogP contribution >= 0.6 is 0 Å². The van der Waals surface area contributed by atoms with Gasteiger partial charge in [-0.15, -0.1) is 0 Å². The van der Waals surface area contributed by atoms with E-state index in [1.54, 1.807) is 79.7 Å². The lowest BCUT2D eigenvalue weighted by atomic mass is 10.1. The van der Waals surface area contributed by atoms with Crippen LogP contribution in [0.5, 0.6) is 5.75 Å². The molecule has 0 atom stereocenters. The second-order valence-electron chi connectivity index (χ2n) is 6.70. The van der Waals surface area contributed by atoms with Gasteiger partial charge in [0.05, 0.1) is 17.2 Å². The Labute approximate surface area is 177 Å². The second kappa shape index (κ2) is 9.00. The van der Waals surface area contributed by atoms with E-state index in [2.05, 4.69) is 5.32 Å². The molecule has 0 heterocycles. The van der Waals surface area contributed by atoms with Crippen molar-refractivity contribution in [1.29, 1.82) is 0 Å². The Bertz CT molecular complexity index is 1130. The van der Waals surface area contributed by atoms with Gasteiger partial charge < -0.3 is 10.1 Å². The summed E-state index contributed by atoms with van der Waals surface area (Å²) in [5.74, 6) is 0.459. The minimum absolute atomic E-state index is 0.212. The van der Waals surface area contributed by atoms with Gasteiger partial charge in [0.25, 0.3) is 15.9 Å². The van der Waals surface area contributed by atoms with Gasteiger partial charge in [-0.2, -0.15) is 0 Å². The highest BCUT2D eigenvalue weighted by Crippen LogP contribution is 2.26. The molecule has 3 rings (SSSR count). The van der Waals surface area contributed by atoms with Crippen LogP contribution in [0.1, 0.15) is 22.8 Å². The highest BCUT2D eigenvalue weighted by atomic mass is 32.2. The molecule has 6 nitrogen and oxygen atoms in total. The molecular formula is C23H24N2O4S. The Morgan fingerprint density at radius 3 is 2.27 bits per heavy atom. The Kier molecular flexibility index (Phi) is 6.42. The summed E-state index contributed by atoms with van der Waals surface area (Å²) >= 11 is 0. The molecule has 0 bridgehead atoms. The Balaban J connectivity index is 1.78. The number of hydrogen-bond acceptors (Lipinski definition) is 4. The predicted octanol–water partition coefficient (Wildman–Crippen LogP) is 4.47. The van der Waals surface area contributed by atoms with Gasteiger partial charge >= 0.3 is 0 Å². The maximum Gasteiger partial charge on any atom is 0.264 e. The van der Waals surface area contributed by atoms with Crippen molar-refractivity contribution in [3.63, 3.8) is 0 Å². The van der Waals surface area contributed by atoms with Crippen molar-refractivity contribution in [2.75, 3.05) is 23.3 Å². The van der Waals surface area contributed by atoms with E-state index in [1.165, 1.54) is 11.4 Å². The maximum atomic E-state index is 12.9. The number of benzene rings is 3. The summed E-state index contributed by atoms with van der Waals surface area (Å²) in [5, 5.41) is 2.83. The van der Waals surface area contributed by atoms with Crippen molar-refractivity contribution in [3.8, 4) is 5.75 Å². The minimum atomic E-state index is -3.68. The summed E-state index contributed by atoms with van der Waals surface area (Å²) in [7, 11) is -2.18. The number of nitrogens with one attached hydrogen (secondary N) is 1. The summed E-state index contributed by atoms with van der Waals surface area (Å²) in [6.45, 7) is 4.26. The summed E-state index contributed by atoms with van der Waals surface area (Å²) in [6, 6.07) is 20.3. The van der Waals surface area contributed by atoms with Crippen molar-refractivity contribution in [2.45, 2.75) is 18.7 Å². The number of hydrogen-bond donors (Lipinski definition) is 1. The first-order chi connectivity index (χ1) is 14.3. The van der Waals surface area contributed by atoms with Gasteiger partial charge in [0.15, 0.2) is 0 Å². The molecular weight excluding hydrogens is 400 g/mol. The van der Waals surface area contributed by atoms with Gasteiger partial charge in [0, 0.05) is 18.3 Å². The van der Waals surface area contributed by atoms with Crippen LogP contribution in [0.3, 0.4) is 0 Å². The summed E-state index contributed by atoms with van der Waals surface area (Å²) in [6.07, 6.45) is 0. The zero-order chi connectivity index (χ0) is 21.7. The van der Waals surface area contributed by atoms with Crippen LogP contribution < -0.4 is 14.4 Å². The van der Waals surface area contributed by atoms with Crippen LogP contribution in [0.4, 0.5) is 11.4 Å². The number of aryl methyl sites for hydroxylation is 1. The molecule has 0 saturated carbocycles. The van der Waals surface area contributed by atoms with Crippen molar-refractivity contribution in [3.05, 3.63) is 83.9 Å². The molecule has 0 aliphatic rings. The molecule has 0 aromatic heterocycles. The van der Waals surface area contributed by atoms with Crippen LogP contribution in [-0.4, -0.2) is 28.0 Å². The predicted molar refractivity (Wildman–Crippen MR) is 119 cm³/mol. The van der Waals surface area contributed by atoms with E-state index >= 15 is 0 Å². The zero-order valence-corrected chi connectivity index (χ0v) is 17.9. The lowest BCUT2D eigenvalue weighted by molar-refractivity contribution is 0.102. The largest absolute Gasteiger partial charge is 0.494 e. The quantitative estimate of drug-likeness (QED) is 0.607. The van der Waals surface area contributed by atoms with Crippen LogP contribution in [0.15, 0.2) is 77.7 Å². The Morgan fingerprint density at radius 2 is 1.67 bits per heavy atom. The molecule has 0 aliphatic heterocycles. The number of carbonyl (C=O) groups is 1. The van der Waals surface area contributed by atoms with Crippen molar-refractivity contribution < 1.29 is 17.9 Å². The van der Waals surface area contributed by atoms with E-state index in [9.17, 15) is 13.2 Å². The highest BCUT2D eigenvalue weighted by molar-refractivity contribution is 7.92. The van der Waals surface area contributed by atoms with E-state index in [0.29, 0.717) is 29.1 Å². The summed E-state index contributed by atoms with van der Waals surface area (Å²) in [4.78, 5) is 12.8. The van der Waals surface area contributed by atoms with Crippen molar-refractivity contribution in [2.24, 2.45) is 0 Å². The molecule has 7 heteroatoms. The van der Waals surface area contributed by atoms with E-state index in [0.717, 1.165) is 5.75 Å². The van der Waals surface area contributed by atoms with Gasteiger partial charge in [-0.05, 0) is 74.0 Å². The minimum Gasteiger partial charge on any atom is -0.494 e. The third kappa shape index (κ3) is 4.63. The lowest BCUT2D eigenvalue weighted by Gasteiger charge is -2.22. The number of amides is 1. The zero-order valence-electron chi connectivity index (χ0n) is 17.1. The van der Waals surface area contributed by atoms with Crippen molar-refractivity contribution in [1.82, 2.24) is 0 Å². The number of carbonyl (C=O) groups excluding carboxylic acids is 1. The van der Waals surface area contributed by atoms with Gasteiger partial charge in [-0.25, -0.2) is 8.42 Å². The van der Waals surface area contributed by atoms with Crippen LogP contribution in [0.2, 0.25) is 0 Å². The molecule has 0 unspecified atom stereocenters. The average molecular weight is 425 g/mol. The maximum absolute atomic E-state index is 12.9. The van der Waals surface area contributed by atoms with Crippen LogP contribution in [0.25, 0.3) is 0 Å². The first-order valence-corrected chi connectivity index (χ1v) is 11.0. The standard InChI is InChI=1S/C23H24N2O4S/c1-4-29-20-13-11-19(12-14-20)24-23(26)18-10-15-22(17(2)16-18)25(3)30(27,28)21-8-6-5-7-9-21/h5-16H,4H2,1-3H3,(H,24,26). The molecule has 0 fully saturated rings. The van der Waals surface area contributed by atoms with Crippen molar-refractivity contribution >= 4 is 27.3 Å². The smallest absolute Gasteiger partial charge is 0.264 e.